The number of rotatable bonds is 7. The highest BCUT2D eigenvalue weighted by molar-refractivity contribution is 5.98. The fourth-order valence-corrected chi connectivity index (χ4v) is 3.47. The SMILES string of the molecule is COc1cc2oc(-c3cccc(C(=O)N[C@@H](C)C(=O)OC(C)(C)C)c3)cc(=O)c2c(OC)c1OC. The van der Waals surface area contributed by atoms with Crippen LogP contribution in [-0.2, 0) is 9.53 Å². The maximum atomic E-state index is 13.0. The molecule has 9 heteroatoms. The van der Waals surface area contributed by atoms with Crippen molar-refractivity contribution in [3.8, 4) is 28.6 Å². The molecule has 0 aliphatic heterocycles. The van der Waals surface area contributed by atoms with Crippen LogP contribution in [0.2, 0.25) is 0 Å². The first kappa shape index (κ1) is 25.6. The van der Waals surface area contributed by atoms with Gasteiger partial charge in [0.15, 0.2) is 16.9 Å². The Morgan fingerprint density at radius 3 is 2.26 bits per heavy atom. The molecule has 1 aromatic heterocycles. The molecule has 1 atom stereocenters. The van der Waals surface area contributed by atoms with Crippen LogP contribution in [0.5, 0.6) is 17.2 Å². The van der Waals surface area contributed by atoms with E-state index in [4.69, 9.17) is 23.4 Å². The lowest BCUT2D eigenvalue weighted by atomic mass is 10.1. The van der Waals surface area contributed by atoms with Crippen molar-refractivity contribution in [1.82, 2.24) is 5.32 Å². The molecule has 0 fully saturated rings. The molecule has 9 nitrogen and oxygen atoms in total. The number of fused-ring (bicyclic) bond motifs is 1. The predicted molar refractivity (Wildman–Crippen MR) is 130 cm³/mol. The summed E-state index contributed by atoms with van der Waals surface area (Å²) in [6.07, 6.45) is 0. The van der Waals surface area contributed by atoms with E-state index in [9.17, 15) is 14.4 Å². The van der Waals surface area contributed by atoms with Gasteiger partial charge in [0.05, 0.1) is 21.3 Å². The van der Waals surface area contributed by atoms with Crippen molar-refractivity contribution < 1.29 is 33.0 Å². The van der Waals surface area contributed by atoms with Gasteiger partial charge in [-0.3, -0.25) is 9.59 Å². The average molecular weight is 484 g/mol. The van der Waals surface area contributed by atoms with Crippen molar-refractivity contribution in [3.05, 3.63) is 52.2 Å². The Labute approximate surface area is 202 Å². The summed E-state index contributed by atoms with van der Waals surface area (Å²) in [5.74, 6) is 0.0435. The second kappa shape index (κ2) is 10.1. The quantitative estimate of drug-likeness (QED) is 0.503. The van der Waals surface area contributed by atoms with Crippen LogP contribution < -0.4 is 25.0 Å². The lowest BCUT2D eigenvalue weighted by Gasteiger charge is -2.22. The number of ether oxygens (including phenoxy) is 4. The molecule has 186 valence electrons. The molecule has 0 spiro atoms. The van der Waals surface area contributed by atoms with Crippen LogP contribution in [0.3, 0.4) is 0 Å². The molecule has 2 aromatic carbocycles. The number of methoxy groups -OCH3 is 3. The summed E-state index contributed by atoms with van der Waals surface area (Å²) >= 11 is 0. The van der Waals surface area contributed by atoms with Crippen LogP contribution in [0.1, 0.15) is 38.1 Å². The van der Waals surface area contributed by atoms with Crippen LogP contribution in [0.15, 0.2) is 45.6 Å². The van der Waals surface area contributed by atoms with E-state index >= 15 is 0 Å². The average Bonchev–Trinajstić information content (AvgIpc) is 2.81. The van der Waals surface area contributed by atoms with E-state index in [2.05, 4.69) is 5.32 Å². The van der Waals surface area contributed by atoms with E-state index in [-0.39, 0.29) is 39.2 Å². The highest BCUT2D eigenvalue weighted by Crippen LogP contribution is 2.42. The fourth-order valence-electron chi connectivity index (χ4n) is 3.47. The number of carbonyl (C=O) groups excluding carboxylic acids is 2. The lowest BCUT2D eigenvalue weighted by Crippen LogP contribution is -2.42. The number of esters is 1. The standard InChI is InChI=1S/C26H29NO8/c1-14(25(30)35-26(2,3)4)27-24(29)16-10-8-9-15(11-16)18-12-17(28)21-19(34-18)13-20(31-5)22(32-6)23(21)33-7/h8-14H,1-7H3,(H,27,29)/t14-/m0/s1. The number of carbonyl (C=O) groups is 2. The zero-order chi connectivity index (χ0) is 25.9. The van der Waals surface area contributed by atoms with Gasteiger partial charge in [-0.05, 0) is 39.8 Å². The minimum absolute atomic E-state index is 0.200. The van der Waals surface area contributed by atoms with Crippen molar-refractivity contribution in [2.24, 2.45) is 0 Å². The minimum Gasteiger partial charge on any atom is -0.493 e. The van der Waals surface area contributed by atoms with Gasteiger partial charge < -0.3 is 28.7 Å². The van der Waals surface area contributed by atoms with Crippen LogP contribution in [0.25, 0.3) is 22.3 Å². The number of benzene rings is 2. The van der Waals surface area contributed by atoms with Crippen molar-refractivity contribution in [3.63, 3.8) is 0 Å². The van der Waals surface area contributed by atoms with Gasteiger partial charge in [0.2, 0.25) is 5.75 Å². The smallest absolute Gasteiger partial charge is 0.328 e. The summed E-state index contributed by atoms with van der Waals surface area (Å²) in [6.45, 7) is 6.80. The lowest BCUT2D eigenvalue weighted by molar-refractivity contribution is -0.156. The maximum Gasteiger partial charge on any atom is 0.328 e. The van der Waals surface area contributed by atoms with Gasteiger partial charge in [-0.2, -0.15) is 0 Å². The van der Waals surface area contributed by atoms with Crippen molar-refractivity contribution in [2.45, 2.75) is 39.3 Å². The van der Waals surface area contributed by atoms with E-state index < -0.39 is 23.5 Å². The van der Waals surface area contributed by atoms with E-state index in [0.717, 1.165) is 0 Å². The van der Waals surface area contributed by atoms with Crippen molar-refractivity contribution >= 4 is 22.8 Å². The molecule has 1 heterocycles. The van der Waals surface area contributed by atoms with Crippen LogP contribution in [-0.4, -0.2) is 44.8 Å². The van der Waals surface area contributed by atoms with E-state index in [1.54, 1.807) is 58.0 Å². The normalized spacial score (nSPS) is 12.1. The number of amides is 1. The van der Waals surface area contributed by atoms with E-state index in [1.807, 2.05) is 0 Å². The molecule has 0 aliphatic rings. The molecule has 1 amide bonds. The van der Waals surface area contributed by atoms with Gasteiger partial charge in [0.25, 0.3) is 5.91 Å². The van der Waals surface area contributed by atoms with Gasteiger partial charge in [-0.25, -0.2) is 4.79 Å². The van der Waals surface area contributed by atoms with Gasteiger partial charge in [0.1, 0.15) is 28.4 Å². The second-order valence-electron chi connectivity index (χ2n) is 8.80. The molecular formula is C26H29NO8. The number of hydrogen-bond acceptors (Lipinski definition) is 8. The molecule has 3 rings (SSSR count). The topological polar surface area (TPSA) is 113 Å². The number of hydrogen-bond donors (Lipinski definition) is 1. The van der Waals surface area contributed by atoms with Gasteiger partial charge in [-0.1, -0.05) is 12.1 Å². The molecule has 35 heavy (non-hydrogen) atoms. The Morgan fingerprint density at radius 2 is 1.66 bits per heavy atom. The van der Waals surface area contributed by atoms with Gasteiger partial charge in [-0.15, -0.1) is 0 Å². The highest BCUT2D eigenvalue weighted by Gasteiger charge is 2.24. The zero-order valence-electron chi connectivity index (χ0n) is 20.8. The van der Waals surface area contributed by atoms with Crippen LogP contribution in [0, 0.1) is 0 Å². The van der Waals surface area contributed by atoms with Crippen LogP contribution >= 0.6 is 0 Å². The largest absolute Gasteiger partial charge is 0.493 e. The summed E-state index contributed by atoms with van der Waals surface area (Å²) < 4.78 is 27.4. The monoisotopic (exact) mass is 483 g/mol. The first-order valence-electron chi connectivity index (χ1n) is 10.9. The summed E-state index contributed by atoms with van der Waals surface area (Å²) in [7, 11) is 4.33. The van der Waals surface area contributed by atoms with Crippen LogP contribution in [0.4, 0.5) is 0 Å². The molecule has 1 N–H and O–H groups in total. The molecule has 0 radical (unpaired) electrons. The molecule has 0 saturated carbocycles. The summed E-state index contributed by atoms with van der Waals surface area (Å²) in [5, 5.41) is 2.83. The fraction of sp³-hybridized carbons (Fsp3) is 0.346. The first-order chi connectivity index (χ1) is 16.5. The molecular weight excluding hydrogens is 454 g/mol. The van der Waals surface area contributed by atoms with Crippen molar-refractivity contribution in [2.75, 3.05) is 21.3 Å². The Hall–Kier alpha value is -4.01. The van der Waals surface area contributed by atoms with E-state index in [0.29, 0.717) is 11.3 Å². The van der Waals surface area contributed by atoms with E-state index in [1.165, 1.54) is 27.4 Å². The molecule has 0 saturated heterocycles. The maximum absolute atomic E-state index is 13.0. The Morgan fingerprint density at radius 1 is 0.971 bits per heavy atom. The third-order valence-electron chi connectivity index (χ3n) is 5.04. The Kier molecular flexibility index (Phi) is 7.38. The number of nitrogens with one attached hydrogen (secondary N) is 1. The Bertz CT molecular complexity index is 1320. The summed E-state index contributed by atoms with van der Waals surface area (Å²) in [5.41, 5.74) is -0.0114. The molecule has 0 aliphatic carbocycles. The summed E-state index contributed by atoms with van der Waals surface area (Å²) in [6, 6.07) is 8.53. The van der Waals surface area contributed by atoms with Gasteiger partial charge in [0, 0.05) is 23.3 Å². The molecule has 0 bridgehead atoms. The summed E-state index contributed by atoms with van der Waals surface area (Å²) in [4.78, 5) is 38.0. The molecule has 3 aromatic rings. The van der Waals surface area contributed by atoms with Gasteiger partial charge >= 0.3 is 5.97 Å². The third kappa shape index (κ3) is 5.56. The third-order valence-corrected chi connectivity index (χ3v) is 5.04. The first-order valence-corrected chi connectivity index (χ1v) is 10.9. The molecule has 0 unspecified atom stereocenters. The Balaban J connectivity index is 1.97. The highest BCUT2D eigenvalue weighted by atomic mass is 16.6. The minimum atomic E-state index is -0.848. The zero-order valence-corrected chi connectivity index (χ0v) is 20.8. The predicted octanol–water partition coefficient (Wildman–Crippen LogP) is 3.95. The second-order valence-corrected chi connectivity index (χ2v) is 8.80. The van der Waals surface area contributed by atoms with Crippen molar-refractivity contribution in [1.29, 1.82) is 0 Å².